The maximum Gasteiger partial charge on any atom is 0.103 e. The summed E-state index contributed by atoms with van der Waals surface area (Å²) in [6.07, 6.45) is 1.65. The average molecular weight is 187 g/mol. The Balaban J connectivity index is 4.68. The number of aliphatic imine (C=N–C) groups is 2. The first kappa shape index (κ1) is 11.4. The largest absolute Gasteiger partial charge is 0.267 e. The van der Waals surface area contributed by atoms with E-state index in [9.17, 15) is 0 Å². The van der Waals surface area contributed by atoms with E-state index in [1.54, 1.807) is 13.1 Å². The van der Waals surface area contributed by atoms with Gasteiger partial charge in [-0.05, 0) is 13.6 Å². The van der Waals surface area contributed by atoms with Gasteiger partial charge in [0.15, 0.2) is 0 Å². The molecule has 0 aliphatic rings. The molecule has 0 saturated heterocycles. The van der Waals surface area contributed by atoms with Gasteiger partial charge in [-0.3, -0.25) is 4.99 Å². The Kier molecular flexibility index (Phi) is 4.18. The minimum atomic E-state index is -0.0302. The topological polar surface area (TPSA) is 24.7 Å². The smallest absolute Gasteiger partial charge is 0.103 e. The fourth-order valence-corrected chi connectivity index (χ4v) is 0.671. The molecule has 0 heterocycles. The molecule has 0 unspecified atom stereocenters. The molecule has 0 bridgehead atoms. The molecule has 0 aromatic carbocycles. The van der Waals surface area contributed by atoms with Gasteiger partial charge in [-0.2, -0.15) is 0 Å². The van der Waals surface area contributed by atoms with Crippen LogP contribution in [0.25, 0.3) is 0 Å². The molecule has 12 heavy (non-hydrogen) atoms. The number of allylic oxidation sites excluding steroid dienone is 1. The van der Waals surface area contributed by atoms with Crippen LogP contribution in [0.1, 0.15) is 27.7 Å². The van der Waals surface area contributed by atoms with Crippen molar-refractivity contribution in [3.8, 4) is 0 Å². The van der Waals surface area contributed by atoms with Crippen molar-refractivity contribution >= 4 is 23.5 Å². The fraction of sp³-hybridized carbons (Fsp3) is 0.556. The number of halogens is 1. The molecule has 0 aromatic heterocycles. The van der Waals surface area contributed by atoms with Crippen LogP contribution in [0.15, 0.2) is 21.9 Å². The van der Waals surface area contributed by atoms with E-state index in [0.717, 1.165) is 5.70 Å². The van der Waals surface area contributed by atoms with Gasteiger partial charge in [0.05, 0.1) is 11.9 Å². The van der Waals surface area contributed by atoms with Crippen LogP contribution in [-0.2, 0) is 0 Å². The van der Waals surface area contributed by atoms with Gasteiger partial charge in [-0.15, -0.1) is 0 Å². The number of rotatable bonds is 2. The molecule has 0 radical (unpaired) electrons. The van der Waals surface area contributed by atoms with E-state index < -0.39 is 0 Å². The van der Waals surface area contributed by atoms with E-state index >= 15 is 0 Å². The molecular formula is C9H15ClN2. The summed E-state index contributed by atoms with van der Waals surface area (Å²) < 4.78 is 0. The molecule has 0 spiro atoms. The van der Waals surface area contributed by atoms with Gasteiger partial charge in [-0.1, -0.05) is 32.4 Å². The molecule has 0 aliphatic heterocycles. The summed E-state index contributed by atoms with van der Waals surface area (Å²) >= 11 is 5.57. The molecule has 0 fully saturated rings. The molecule has 3 heteroatoms. The summed E-state index contributed by atoms with van der Waals surface area (Å²) in [6, 6.07) is 0. The van der Waals surface area contributed by atoms with Crippen molar-refractivity contribution in [2.24, 2.45) is 15.4 Å². The lowest BCUT2D eigenvalue weighted by atomic mass is 9.93. The molecule has 0 atom stereocenters. The van der Waals surface area contributed by atoms with E-state index in [1.165, 1.54) is 0 Å². The quantitative estimate of drug-likeness (QED) is 0.592. The first-order valence-corrected chi connectivity index (χ1v) is 4.13. The normalized spacial score (nSPS) is 14.8. The van der Waals surface area contributed by atoms with Crippen LogP contribution in [-0.4, -0.2) is 11.9 Å². The molecule has 0 saturated carbocycles. The second-order valence-electron chi connectivity index (χ2n) is 3.55. The van der Waals surface area contributed by atoms with Gasteiger partial charge in [0.25, 0.3) is 0 Å². The highest BCUT2D eigenvalue weighted by Crippen LogP contribution is 2.25. The van der Waals surface area contributed by atoms with E-state index in [-0.39, 0.29) is 5.41 Å². The van der Waals surface area contributed by atoms with Crippen molar-refractivity contribution in [1.29, 1.82) is 0 Å². The highest BCUT2D eigenvalue weighted by Gasteiger charge is 2.15. The van der Waals surface area contributed by atoms with Gasteiger partial charge < -0.3 is 0 Å². The monoisotopic (exact) mass is 186 g/mol. The van der Waals surface area contributed by atoms with Gasteiger partial charge in [0, 0.05) is 5.41 Å². The maximum atomic E-state index is 5.57. The van der Waals surface area contributed by atoms with E-state index in [1.807, 2.05) is 20.8 Å². The second-order valence-corrected chi connectivity index (χ2v) is 4.10. The van der Waals surface area contributed by atoms with Crippen LogP contribution >= 0.6 is 11.6 Å². The fourth-order valence-electron chi connectivity index (χ4n) is 0.622. The molecule has 2 nitrogen and oxygen atoms in total. The number of nitrogens with zero attached hydrogens (tertiary/aromatic N) is 2. The Morgan fingerprint density at radius 1 is 1.42 bits per heavy atom. The molecule has 68 valence electrons. The molecular weight excluding hydrogens is 172 g/mol. The predicted octanol–water partition coefficient (Wildman–Crippen LogP) is 3.23. The van der Waals surface area contributed by atoms with Gasteiger partial charge >= 0.3 is 0 Å². The third-order valence-electron chi connectivity index (χ3n) is 1.30. The summed E-state index contributed by atoms with van der Waals surface area (Å²) in [5.74, 6) is 0. The van der Waals surface area contributed by atoms with Crippen LogP contribution in [0.4, 0.5) is 0 Å². The first-order chi connectivity index (χ1) is 5.38. The second kappa shape index (κ2) is 4.41. The predicted molar refractivity (Wildman–Crippen MR) is 56.0 cm³/mol. The molecule has 0 aromatic rings. The number of hydrogen-bond donors (Lipinski definition) is 0. The Labute approximate surface area is 79.1 Å². The molecule has 0 aliphatic carbocycles. The summed E-state index contributed by atoms with van der Waals surface area (Å²) in [5.41, 5.74) is 0.805. The van der Waals surface area contributed by atoms with E-state index in [4.69, 9.17) is 11.6 Å². The van der Waals surface area contributed by atoms with E-state index in [0.29, 0.717) is 5.17 Å². The van der Waals surface area contributed by atoms with Crippen LogP contribution in [0.2, 0.25) is 0 Å². The summed E-state index contributed by atoms with van der Waals surface area (Å²) in [6.45, 7) is 11.3. The van der Waals surface area contributed by atoms with Crippen molar-refractivity contribution in [3.05, 3.63) is 11.9 Å². The summed E-state index contributed by atoms with van der Waals surface area (Å²) in [7, 11) is 0. The van der Waals surface area contributed by atoms with Crippen LogP contribution in [0.5, 0.6) is 0 Å². The zero-order chi connectivity index (χ0) is 9.78. The Bertz CT molecular complexity index is 217. The highest BCUT2D eigenvalue weighted by atomic mass is 35.5. The van der Waals surface area contributed by atoms with Gasteiger partial charge in [-0.25, -0.2) is 4.99 Å². The summed E-state index contributed by atoms with van der Waals surface area (Å²) in [4.78, 5) is 7.83. The van der Waals surface area contributed by atoms with E-state index in [2.05, 4.69) is 16.7 Å². The Morgan fingerprint density at radius 2 is 1.92 bits per heavy atom. The standard InChI is InChI=1S/C9H15ClN2/c1-7(10)12-6-8(11-5)9(2,3)4/h6H,5H2,1-4H3/b8-6-,12-7?. The Hall–Kier alpha value is -0.630. The zero-order valence-electron chi connectivity index (χ0n) is 8.06. The van der Waals surface area contributed by atoms with Gasteiger partial charge in [0.2, 0.25) is 0 Å². The lowest BCUT2D eigenvalue weighted by molar-refractivity contribution is 0.498. The molecule has 0 N–H and O–H groups in total. The zero-order valence-corrected chi connectivity index (χ0v) is 8.81. The first-order valence-electron chi connectivity index (χ1n) is 3.75. The minimum Gasteiger partial charge on any atom is -0.267 e. The third kappa shape index (κ3) is 4.29. The van der Waals surface area contributed by atoms with Crippen LogP contribution in [0.3, 0.4) is 0 Å². The van der Waals surface area contributed by atoms with Crippen molar-refractivity contribution < 1.29 is 0 Å². The SMILES string of the molecule is C=N/C(=C\N=C(C)Cl)C(C)(C)C. The molecule has 0 amide bonds. The van der Waals surface area contributed by atoms with Crippen molar-refractivity contribution in [2.75, 3.05) is 0 Å². The highest BCUT2D eigenvalue weighted by molar-refractivity contribution is 6.64. The van der Waals surface area contributed by atoms with Crippen LogP contribution < -0.4 is 0 Å². The lowest BCUT2D eigenvalue weighted by Gasteiger charge is -2.17. The van der Waals surface area contributed by atoms with Gasteiger partial charge in [0.1, 0.15) is 5.17 Å². The summed E-state index contributed by atoms with van der Waals surface area (Å²) in [5, 5.41) is 0.500. The average Bonchev–Trinajstić information content (AvgIpc) is 1.85. The molecule has 0 rings (SSSR count). The Morgan fingerprint density at radius 3 is 2.17 bits per heavy atom. The number of hydrogen-bond acceptors (Lipinski definition) is 2. The van der Waals surface area contributed by atoms with Crippen molar-refractivity contribution in [3.63, 3.8) is 0 Å². The van der Waals surface area contributed by atoms with Crippen molar-refractivity contribution in [1.82, 2.24) is 0 Å². The third-order valence-corrected chi connectivity index (χ3v) is 1.40. The minimum absolute atomic E-state index is 0.0302. The van der Waals surface area contributed by atoms with Crippen molar-refractivity contribution in [2.45, 2.75) is 27.7 Å². The maximum absolute atomic E-state index is 5.57. The van der Waals surface area contributed by atoms with Crippen LogP contribution in [0, 0.1) is 5.41 Å². The lowest BCUT2D eigenvalue weighted by Crippen LogP contribution is -2.06.